The number of aryl methyl sites for hydroxylation is 1. The van der Waals surface area contributed by atoms with Crippen LogP contribution in [0.4, 0.5) is 11.4 Å². The molecule has 0 radical (unpaired) electrons. The maximum atomic E-state index is 12.2. The highest BCUT2D eigenvalue weighted by Gasteiger charge is 2.16. The lowest BCUT2D eigenvalue weighted by molar-refractivity contribution is 0.102. The highest BCUT2D eigenvalue weighted by molar-refractivity contribution is 6.06. The van der Waals surface area contributed by atoms with Crippen molar-refractivity contribution < 1.29 is 14.3 Å². The number of hydrogen-bond acceptors (Lipinski definition) is 4. The number of fused-ring (bicyclic) bond motifs is 1. The predicted molar refractivity (Wildman–Crippen MR) is 81.0 cm³/mol. The number of amides is 1. The number of carbonyl (C=O) groups excluding carboxylic acids is 1. The molecule has 3 rings (SSSR count). The van der Waals surface area contributed by atoms with Gasteiger partial charge in [0, 0.05) is 17.7 Å². The first-order chi connectivity index (χ1) is 10.1. The lowest BCUT2D eigenvalue weighted by Crippen LogP contribution is -2.17. The van der Waals surface area contributed by atoms with Crippen LogP contribution >= 0.6 is 0 Å². The van der Waals surface area contributed by atoms with Gasteiger partial charge < -0.3 is 20.5 Å². The first-order valence-electron chi connectivity index (χ1n) is 6.70. The van der Waals surface area contributed by atoms with E-state index in [2.05, 4.69) is 5.32 Å². The summed E-state index contributed by atoms with van der Waals surface area (Å²) >= 11 is 0. The third-order valence-electron chi connectivity index (χ3n) is 3.28. The summed E-state index contributed by atoms with van der Waals surface area (Å²) in [5.74, 6) is 0.986. The van der Waals surface area contributed by atoms with Crippen molar-refractivity contribution in [3.05, 3.63) is 47.5 Å². The summed E-state index contributed by atoms with van der Waals surface area (Å²) in [6.07, 6.45) is 0. The molecule has 3 N–H and O–H groups in total. The van der Waals surface area contributed by atoms with Gasteiger partial charge in [-0.15, -0.1) is 0 Å². The van der Waals surface area contributed by atoms with Crippen LogP contribution in [-0.2, 0) is 0 Å². The fourth-order valence-electron chi connectivity index (χ4n) is 2.11. The molecule has 0 spiro atoms. The fourth-order valence-corrected chi connectivity index (χ4v) is 2.11. The van der Waals surface area contributed by atoms with Gasteiger partial charge in [0.1, 0.15) is 13.2 Å². The maximum absolute atomic E-state index is 12.2. The Kier molecular flexibility index (Phi) is 3.39. The van der Waals surface area contributed by atoms with E-state index in [1.165, 1.54) is 0 Å². The SMILES string of the molecule is Cc1ccc(C(=O)Nc2cc3c(cc2N)OCCO3)cc1. The third kappa shape index (κ3) is 2.76. The Balaban J connectivity index is 1.84. The molecule has 0 aliphatic carbocycles. The molecule has 1 heterocycles. The first kappa shape index (κ1) is 13.3. The number of anilines is 2. The fraction of sp³-hybridized carbons (Fsp3) is 0.188. The van der Waals surface area contributed by atoms with E-state index in [1.54, 1.807) is 24.3 Å². The minimum Gasteiger partial charge on any atom is -0.486 e. The molecule has 108 valence electrons. The van der Waals surface area contributed by atoms with Crippen molar-refractivity contribution in [1.29, 1.82) is 0 Å². The summed E-state index contributed by atoms with van der Waals surface area (Å²) in [5.41, 5.74) is 8.59. The molecule has 1 aliphatic rings. The average molecular weight is 284 g/mol. The molecule has 0 saturated carbocycles. The number of hydrogen-bond donors (Lipinski definition) is 2. The molecule has 1 aliphatic heterocycles. The van der Waals surface area contributed by atoms with E-state index in [4.69, 9.17) is 15.2 Å². The van der Waals surface area contributed by atoms with Crippen LogP contribution in [0.3, 0.4) is 0 Å². The molecular formula is C16H16N2O3. The van der Waals surface area contributed by atoms with Crippen LogP contribution in [0.5, 0.6) is 11.5 Å². The molecule has 1 amide bonds. The number of nitrogens with one attached hydrogen (secondary N) is 1. The van der Waals surface area contributed by atoms with Crippen LogP contribution in [-0.4, -0.2) is 19.1 Å². The first-order valence-corrected chi connectivity index (χ1v) is 6.70. The highest BCUT2D eigenvalue weighted by Crippen LogP contribution is 2.37. The second kappa shape index (κ2) is 5.36. The zero-order valence-corrected chi connectivity index (χ0v) is 11.7. The van der Waals surface area contributed by atoms with E-state index in [9.17, 15) is 4.79 Å². The molecule has 0 saturated heterocycles. The number of carbonyl (C=O) groups is 1. The van der Waals surface area contributed by atoms with Gasteiger partial charge in [0.15, 0.2) is 11.5 Å². The van der Waals surface area contributed by atoms with Gasteiger partial charge in [-0.05, 0) is 19.1 Å². The monoisotopic (exact) mass is 284 g/mol. The number of benzene rings is 2. The maximum Gasteiger partial charge on any atom is 0.255 e. The zero-order chi connectivity index (χ0) is 14.8. The number of rotatable bonds is 2. The Labute approximate surface area is 122 Å². The molecule has 0 unspecified atom stereocenters. The van der Waals surface area contributed by atoms with Crippen molar-refractivity contribution in [2.45, 2.75) is 6.92 Å². The quantitative estimate of drug-likeness (QED) is 0.831. The summed E-state index contributed by atoms with van der Waals surface area (Å²) in [6.45, 7) is 2.96. The molecule has 5 heteroatoms. The molecule has 5 nitrogen and oxygen atoms in total. The van der Waals surface area contributed by atoms with Gasteiger partial charge in [0.05, 0.1) is 11.4 Å². The van der Waals surface area contributed by atoms with Gasteiger partial charge in [0.2, 0.25) is 0 Å². The van der Waals surface area contributed by atoms with E-state index in [1.807, 2.05) is 19.1 Å². The Morgan fingerprint density at radius 3 is 2.38 bits per heavy atom. The average Bonchev–Trinajstić information content (AvgIpc) is 2.48. The van der Waals surface area contributed by atoms with Crippen molar-refractivity contribution in [3.63, 3.8) is 0 Å². The Morgan fingerprint density at radius 2 is 1.71 bits per heavy atom. The molecule has 0 aromatic heterocycles. The van der Waals surface area contributed by atoms with Crippen molar-refractivity contribution in [2.75, 3.05) is 24.3 Å². The Hall–Kier alpha value is -2.69. The largest absolute Gasteiger partial charge is 0.486 e. The van der Waals surface area contributed by atoms with E-state index < -0.39 is 0 Å². The van der Waals surface area contributed by atoms with Gasteiger partial charge in [0.25, 0.3) is 5.91 Å². The standard InChI is InChI=1S/C16H16N2O3/c1-10-2-4-11(5-3-10)16(19)18-13-9-15-14(8-12(13)17)20-6-7-21-15/h2-5,8-9H,6-7,17H2,1H3,(H,18,19). The molecule has 0 bridgehead atoms. The topological polar surface area (TPSA) is 73.6 Å². The normalized spacial score (nSPS) is 12.8. The van der Waals surface area contributed by atoms with Crippen molar-refractivity contribution in [3.8, 4) is 11.5 Å². The van der Waals surface area contributed by atoms with Crippen LogP contribution in [0.15, 0.2) is 36.4 Å². The van der Waals surface area contributed by atoms with Crippen LogP contribution in [0, 0.1) is 6.92 Å². The van der Waals surface area contributed by atoms with E-state index in [0.717, 1.165) is 5.56 Å². The summed E-state index contributed by atoms with van der Waals surface area (Å²) in [5, 5.41) is 2.80. The Bertz CT molecular complexity index is 681. The third-order valence-corrected chi connectivity index (χ3v) is 3.28. The lowest BCUT2D eigenvalue weighted by atomic mass is 10.1. The summed E-state index contributed by atoms with van der Waals surface area (Å²) in [4.78, 5) is 12.2. The summed E-state index contributed by atoms with van der Waals surface area (Å²) in [6, 6.07) is 10.7. The smallest absolute Gasteiger partial charge is 0.255 e. The van der Waals surface area contributed by atoms with E-state index in [0.29, 0.717) is 41.7 Å². The second-order valence-corrected chi connectivity index (χ2v) is 4.90. The van der Waals surface area contributed by atoms with Crippen molar-refractivity contribution in [1.82, 2.24) is 0 Å². The van der Waals surface area contributed by atoms with Gasteiger partial charge in [-0.2, -0.15) is 0 Å². The number of nitrogens with two attached hydrogens (primary N) is 1. The van der Waals surface area contributed by atoms with Gasteiger partial charge in [-0.25, -0.2) is 0 Å². The zero-order valence-electron chi connectivity index (χ0n) is 11.7. The molecule has 2 aromatic carbocycles. The molecule has 2 aromatic rings. The molecule has 21 heavy (non-hydrogen) atoms. The van der Waals surface area contributed by atoms with Crippen molar-refractivity contribution in [2.24, 2.45) is 0 Å². The summed E-state index contributed by atoms with van der Waals surface area (Å²) in [7, 11) is 0. The second-order valence-electron chi connectivity index (χ2n) is 4.90. The van der Waals surface area contributed by atoms with E-state index >= 15 is 0 Å². The lowest BCUT2D eigenvalue weighted by Gasteiger charge is -2.20. The number of nitrogen functional groups attached to an aromatic ring is 1. The van der Waals surface area contributed by atoms with Gasteiger partial charge in [-0.1, -0.05) is 17.7 Å². The van der Waals surface area contributed by atoms with Crippen LogP contribution < -0.4 is 20.5 Å². The molecule has 0 fully saturated rings. The molecule has 0 atom stereocenters. The predicted octanol–water partition coefficient (Wildman–Crippen LogP) is 2.60. The van der Waals surface area contributed by atoms with Crippen molar-refractivity contribution >= 4 is 17.3 Å². The van der Waals surface area contributed by atoms with Gasteiger partial charge >= 0.3 is 0 Å². The van der Waals surface area contributed by atoms with E-state index in [-0.39, 0.29) is 5.91 Å². The minimum atomic E-state index is -0.210. The van der Waals surface area contributed by atoms with Crippen LogP contribution in [0.1, 0.15) is 15.9 Å². The minimum absolute atomic E-state index is 0.210. The Morgan fingerprint density at radius 1 is 1.10 bits per heavy atom. The van der Waals surface area contributed by atoms with Crippen LogP contribution in [0.2, 0.25) is 0 Å². The molecular weight excluding hydrogens is 268 g/mol. The highest BCUT2D eigenvalue weighted by atomic mass is 16.6. The summed E-state index contributed by atoms with van der Waals surface area (Å²) < 4.78 is 10.9. The van der Waals surface area contributed by atoms with Gasteiger partial charge in [-0.3, -0.25) is 4.79 Å². The van der Waals surface area contributed by atoms with Crippen LogP contribution in [0.25, 0.3) is 0 Å². The number of ether oxygens (including phenoxy) is 2.